The summed E-state index contributed by atoms with van der Waals surface area (Å²) < 4.78 is 22.5. The largest absolute Gasteiger partial charge is 0.393 e. The third-order valence-corrected chi connectivity index (χ3v) is 4.48. The molecule has 2 rings (SSSR count). The van der Waals surface area contributed by atoms with Gasteiger partial charge in [-0.1, -0.05) is 0 Å². The molecule has 2 aliphatic rings. The van der Waals surface area contributed by atoms with Crippen LogP contribution < -0.4 is 0 Å². The molecule has 5 nitrogen and oxygen atoms in total. The van der Waals surface area contributed by atoms with Gasteiger partial charge < -0.3 is 24.1 Å². The summed E-state index contributed by atoms with van der Waals surface area (Å²) in [6.07, 6.45) is 10.7. The van der Waals surface area contributed by atoms with E-state index in [1.165, 1.54) is 12.8 Å². The van der Waals surface area contributed by atoms with E-state index in [1.807, 2.05) is 0 Å². The van der Waals surface area contributed by atoms with Crippen molar-refractivity contribution in [1.82, 2.24) is 0 Å². The second-order valence-electron chi connectivity index (χ2n) is 6.67. The van der Waals surface area contributed by atoms with Gasteiger partial charge in [0.1, 0.15) is 0 Å². The first-order valence-corrected chi connectivity index (χ1v) is 9.45. The summed E-state index contributed by atoms with van der Waals surface area (Å²) in [6.45, 7) is 4.12. The Morgan fingerprint density at radius 2 is 1.52 bits per heavy atom. The molecule has 1 atom stereocenters. The first kappa shape index (κ1) is 19.1. The monoisotopic (exact) mass is 330 g/mol. The molecule has 136 valence electrons. The highest BCUT2D eigenvalue weighted by molar-refractivity contribution is 4.78. The fourth-order valence-electron chi connectivity index (χ4n) is 2.87. The smallest absolute Gasteiger partial charge is 0.157 e. The molecular weight excluding hydrogens is 296 g/mol. The van der Waals surface area contributed by atoms with Crippen LogP contribution in [0.1, 0.15) is 64.2 Å². The maximum absolute atomic E-state index is 9.15. The third kappa shape index (κ3) is 9.01. The molecule has 1 saturated heterocycles. The molecule has 1 heterocycles. The third-order valence-electron chi connectivity index (χ3n) is 4.48. The van der Waals surface area contributed by atoms with Gasteiger partial charge in [0.2, 0.25) is 0 Å². The number of ether oxygens (including phenoxy) is 4. The molecule has 0 aromatic heterocycles. The number of aliphatic hydroxyl groups is 1. The molecular formula is C18H34O5. The Hall–Kier alpha value is -0.200. The van der Waals surface area contributed by atoms with E-state index in [4.69, 9.17) is 24.1 Å². The molecule has 2 fully saturated rings. The number of hydrogen-bond acceptors (Lipinski definition) is 5. The predicted molar refractivity (Wildman–Crippen MR) is 88.4 cm³/mol. The van der Waals surface area contributed by atoms with E-state index in [9.17, 15) is 0 Å². The van der Waals surface area contributed by atoms with Gasteiger partial charge in [0.05, 0.1) is 12.2 Å². The van der Waals surface area contributed by atoms with Gasteiger partial charge in [-0.25, -0.2) is 0 Å². The summed E-state index contributed by atoms with van der Waals surface area (Å²) >= 11 is 0. The zero-order valence-electron chi connectivity index (χ0n) is 14.4. The van der Waals surface area contributed by atoms with E-state index in [-0.39, 0.29) is 12.4 Å². The Kier molecular flexibility index (Phi) is 10.1. The highest BCUT2D eigenvalue weighted by atomic mass is 16.7. The maximum Gasteiger partial charge on any atom is 0.157 e. The lowest BCUT2D eigenvalue weighted by molar-refractivity contribution is -0.162. The van der Waals surface area contributed by atoms with Gasteiger partial charge in [0.25, 0.3) is 0 Å². The Morgan fingerprint density at radius 1 is 0.826 bits per heavy atom. The number of unbranched alkanes of at least 4 members (excludes halogenated alkanes) is 3. The van der Waals surface area contributed by atoms with Gasteiger partial charge in [-0.3, -0.25) is 0 Å². The highest BCUT2D eigenvalue weighted by Crippen LogP contribution is 2.22. The minimum absolute atomic E-state index is 0.0467. The standard InChI is InChI=1S/C18H34O5/c19-16-14-17(15-16)21-11-7-6-10-20-9-3-1-4-12-22-18-8-2-5-13-23-18/h16-19H,1-15H2/t16-,17-,18?. The van der Waals surface area contributed by atoms with Gasteiger partial charge >= 0.3 is 0 Å². The quantitative estimate of drug-likeness (QED) is 0.526. The van der Waals surface area contributed by atoms with E-state index in [2.05, 4.69) is 0 Å². The Morgan fingerprint density at radius 3 is 2.26 bits per heavy atom. The molecule has 0 aromatic rings. The van der Waals surface area contributed by atoms with Crippen molar-refractivity contribution in [3.8, 4) is 0 Å². The van der Waals surface area contributed by atoms with E-state index >= 15 is 0 Å². The predicted octanol–water partition coefficient (Wildman–Crippen LogP) is 3.04. The molecule has 5 heteroatoms. The molecule has 1 aliphatic carbocycles. The first-order valence-electron chi connectivity index (χ1n) is 9.45. The van der Waals surface area contributed by atoms with Gasteiger partial charge in [0.15, 0.2) is 6.29 Å². The number of rotatable bonds is 13. The zero-order valence-corrected chi connectivity index (χ0v) is 14.4. The van der Waals surface area contributed by atoms with Crippen molar-refractivity contribution in [2.24, 2.45) is 0 Å². The van der Waals surface area contributed by atoms with Crippen LogP contribution in [0.5, 0.6) is 0 Å². The summed E-state index contributed by atoms with van der Waals surface area (Å²) in [6, 6.07) is 0. The normalized spacial score (nSPS) is 27.8. The van der Waals surface area contributed by atoms with Crippen LogP contribution in [-0.2, 0) is 18.9 Å². The van der Waals surface area contributed by atoms with Crippen LogP contribution in [-0.4, -0.2) is 56.6 Å². The van der Waals surface area contributed by atoms with Crippen LogP contribution in [0.15, 0.2) is 0 Å². The van der Waals surface area contributed by atoms with E-state index < -0.39 is 0 Å². The zero-order chi connectivity index (χ0) is 16.2. The van der Waals surface area contributed by atoms with Gasteiger partial charge in [-0.05, 0) is 64.2 Å². The van der Waals surface area contributed by atoms with Crippen LogP contribution in [0.4, 0.5) is 0 Å². The number of aliphatic hydroxyl groups excluding tert-OH is 1. The van der Waals surface area contributed by atoms with E-state index in [1.54, 1.807) is 0 Å². The van der Waals surface area contributed by atoms with Crippen LogP contribution >= 0.6 is 0 Å². The Balaban J connectivity index is 1.23. The second kappa shape index (κ2) is 12.2. The molecule has 1 unspecified atom stereocenters. The molecule has 0 amide bonds. The second-order valence-corrected chi connectivity index (χ2v) is 6.67. The van der Waals surface area contributed by atoms with Crippen LogP contribution in [0, 0.1) is 0 Å². The van der Waals surface area contributed by atoms with E-state index in [0.717, 1.165) is 84.4 Å². The van der Waals surface area contributed by atoms with Crippen LogP contribution in [0.25, 0.3) is 0 Å². The minimum atomic E-state index is -0.121. The lowest BCUT2D eigenvalue weighted by Crippen LogP contribution is -2.35. The SMILES string of the molecule is O[C@H]1C[C@H](OCCCCOCCCCCOC2CCCCO2)C1. The van der Waals surface area contributed by atoms with Gasteiger partial charge in [0, 0.05) is 33.0 Å². The number of hydrogen-bond donors (Lipinski definition) is 1. The molecule has 23 heavy (non-hydrogen) atoms. The fraction of sp³-hybridized carbons (Fsp3) is 1.00. The molecule has 0 aromatic carbocycles. The average Bonchev–Trinajstić information content (AvgIpc) is 2.55. The molecule has 0 bridgehead atoms. The fourth-order valence-corrected chi connectivity index (χ4v) is 2.87. The van der Waals surface area contributed by atoms with E-state index in [0.29, 0.717) is 6.10 Å². The summed E-state index contributed by atoms with van der Waals surface area (Å²) in [7, 11) is 0. The molecule has 1 saturated carbocycles. The first-order chi connectivity index (χ1) is 11.3. The van der Waals surface area contributed by atoms with Crippen molar-refractivity contribution in [2.45, 2.75) is 82.7 Å². The average molecular weight is 330 g/mol. The van der Waals surface area contributed by atoms with Crippen LogP contribution in [0.2, 0.25) is 0 Å². The summed E-state index contributed by atoms with van der Waals surface area (Å²) in [4.78, 5) is 0. The van der Waals surface area contributed by atoms with Gasteiger partial charge in [-0.15, -0.1) is 0 Å². The Bertz CT molecular complexity index is 275. The summed E-state index contributed by atoms with van der Waals surface area (Å²) in [5, 5.41) is 9.15. The molecule has 0 radical (unpaired) electrons. The molecule has 0 spiro atoms. The lowest BCUT2D eigenvalue weighted by atomic mass is 9.92. The maximum atomic E-state index is 9.15. The van der Waals surface area contributed by atoms with Crippen molar-refractivity contribution in [3.63, 3.8) is 0 Å². The summed E-state index contributed by atoms with van der Waals surface area (Å²) in [5.41, 5.74) is 0. The topological polar surface area (TPSA) is 57.2 Å². The minimum Gasteiger partial charge on any atom is -0.393 e. The summed E-state index contributed by atoms with van der Waals surface area (Å²) in [5.74, 6) is 0. The molecule has 1 aliphatic heterocycles. The lowest BCUT2D eigenvalue weighted by Gasteiger charge is -2.31. The van der Waals surface area contributed by atoms with Crippen molar-refractivity contribution in [2.75, 3.05) is 33.0 Å². The van der Waals surface area contributed by atoms with Crippen molar-refractivity contribution in [1.29, 1.82) is 0 Å². The highest BCUT2D eigenvalue weighted by Gasteiger charge is 2.27. The molecule has 1 N–H and O–H groups in total. The Labute approximate surface area is 140 Å². The van der Waals surface area contributed by atoms with Crippen molar-refractivity contribution < 1.29 is 24.1 Å². The van der Waals surface area contributed by atoms with Crippen molar-refractivity contribution >= 4 is 0 Å². The van der Waals surface area contributed by atoms with Gasteiger partial charge in [-0.2, -0.15) is 0 Å². The van der Waals surface area contributed by atoms with Crippen molar-refractivity contribution in [3.05, 3.63) is 0 Å². The van der Waals surface area contributed by atoms with Crippen LogP contribution in [0.3, 0.4) is 0 Å².